The van der Waals surface area contributed by atoms with E-state index in [0.717, 1.165) is 5.76 Å². The Kier molecular flexibility index (Phi) is 4.30. The summed E-state index contributed by atoms with van der Waals surface area (Å²) in [4.78, 5) is 13.9. The van der Waals surface area contributed by atoms with Crippen LogP contribution in [0.2, 0.25) is 0 Å². The van der Waals surface area contributed by atoms with Gasteiger partial charge in [0.15, 0.2) is 0 Å². The first-order valence-corrected chi connectivity index (χ1v) is 7.11. The molecular formula is C15H23NO3. The Balaban J connectivity index is 2.09. The van der Waals surface area contributed by atoms with Crippen LogP contribution in [-0.4, -0.2) is 28.6 Å². The first-order valence-electron chi connectivity index (χ1n) is 7.11. The molecule has 1 heterocycles. The largest absolute Gasteiger partial charge is 0.481 e. The van der Waals surface area contributed by atoms with Gasteiger partial charge in [-0.1, -0.05) is 13.8 Å². The van der Waals surface area contributed by atoms with Crippen molar-refractivity contribution in [1.29, 1.82) is 0 Å². The highest BCUT2D eigenvalue weighted by Crippen LogP contribution is 2.35. The van der Waals surface area contributed by atoms with E-state index in [1.54, 1.807) is 6.26 Å². The topological polar surface area (TPSA) is 53.7 Å². The second-order valence-corrected chi connectivity index (χ2v) is 5.51. The highest BCUT2D eigenvalue weighted by molar-refractivity contribution is 5.74. The molecule has 1 aliphatic rings. The SMILES string of the molecule is CCC(CC)(CN(Cc1ccco1)C1CC1)C(=O)O. The van der Waals surface area contributed by atoms with E-state index in [4.69, 9.17) is 4.42 Å². The van der Waals surface area contributed by atoms with E-state index in [0.29, 0.717) is 32.0 Å². The Bertz CT molecular complexity index is 405. The molecule has 1 aromatic rings. The molecule has 1 fully saturated rings. The molecule has 0 aromatic carbocycles. The minimum absolute atomic E-state index is 0.530. The van der Waals surface area contributed by atoms with Crippen LogP contribution in [0.3, 0.4) is 0 Å². The molecule has 106 valence electrons. The molecule has 1 aliphatic carbocycles. The summed E-state index contributed by atoms with van der Waals surface area (Å²) >= 11 is 0. The molecule has 0 bridgehead atoms. The second-order valence-electron chi connectivity index (χ2n) is 5.51. The van der Waals surface area contributed by atoms with Crippen LogP contribution in [0.4, 0.5) is 0 Å². The van der Waals surface area contributed by atoms with Gasteiger partial charge in [0.1, 0.15) is 5.76 Å². The number of rotatable bonds is 8. The van der Waals surface area contributed by atoms with Crippen molar-refractivity contribution in [3.8, 4) is 0 Å². The number of nitrogens with zero attached hydrogens (tertiary/aromatic N) is 1. The smallest absolute Gasteiger partial charge is 0.310 e. The highest BCUT2D eigenvalue weighted by atomic mass is 16.4. The molecule has 0 unspecified atom stereocenters. The monoisotopic (exact) mass is 265 g/mol. The van der Waals surface area contributed by atoms with Crippen molar-refractivity contribution in [1.82, 2.24) is 4.90 Å². The van der Waals surface area contributed by atoms with Gasteiger partial charge in [-0.3, -0.25) is 9.69 Å². The molecule has 0 amide bonds. The zero-order valence-corrected chi connectivity index (χ0v) is 11.8. The van der Waals surface area contributed by atoms with Gasteiger partial charge in [0, 0.05) is 12.6 Å². The van der Waals surface area contributed by atoms with Crippen LogP contribution in [0, 0.1) is 5.41 Å². The van der Waals surface area contributed by atoms with Crippen LogP contribution in [0.15, 0.2) is 22.8 Å². The van der Waals surface area contributed by atoms with Gasteiger partial charge >= 0.3 is 5.97 Å². The summed E-state index contributed by atoms with van der Waals surface area (Å²) in [6.07, 6.45) is 5.35. The molecule has 1 aromatic heterocycles. The number of furan rings is 1. The first-order chi connectivity index (χ1) is 9.11. The molecule has 1 N–H and O–H groups in total. The van der Waals surface area contributed by atoms with Crippen LogP contribution in [0.1, 0.15) is 45.3 Å². The number of carboxylic acid groups (broad SMARTS) is 1. The molecule has 4 nitrogen and oxygen atoms in total. The lowest BCUT2D eigenvalue weighted by molar-refractivity contribution is -0.151. The van der Waals surface area contributed by atoms with Crippen molar-refractivity contribution in [3.05, 3.63) is 24.2 Å². The van der Waals surface area contributed by atoms with Gasteiger partial charge in [0.25, 0.3) is 0 Å². The summed E-state index contributed by atoms with van der Waals surface area (Å²) in [5.74, 6) is 0.237. The van der Waals surface area contributed by atoms with Gasteiger partial charge in [0.2, 0.25) is 0 Å². The third-order valence-electron chi connectivity index (χ3n) is 4.32. The summed E-state index contributed by atoms with van der Waals surface area (Å²) in [7, 11) is 0. The Labute approximate surface area is 114 Å². The molecule has 0 aliphatic heterocycles. The molecular weight excluding hydrogens is 242 g/mol. The lowest BCUT2D eigenvalue weighted by atomic mass is 9.81. The maximum atomic E-state index is 11.6. The van der Waals surface area contributed by atoms with Crippen LogP contribution in [-0.2, 0) is 11.3 Å². The molecule has 4 heteroatoms. The van der Waals surface area contributed by atoms with Crippen LogP contribution < -0.4 is 0 Å². The van der Waals surface area contributed by atoms with E-state index >= 15 is 0 Å². The van der Waals surface area contributed by atoms with Gasteiger partial charge in [-0.05, 0) is 37.8 Å². The van der Waals surface area contributed by atoms with E-state index < -0.39 is 11.4 Å². The van der Waals surface area contributed by atoms with E-state index in [-0.39, 0.29) is 0 Å². The van der Waals surface area contributed by atoms with E-state index in [2.05, 4.69) is 4.90 Å². The van der Waals surface area contributed by atoms with Crippen LogP contribution >= 0.6 is 0 Å². The van der Waals surface area contributed by atoms with Gasteiger partial charge < -0.3 is 9.52 Å². The minimum atomic E-state index is -0.678. The third kappa shape index (κ3) is 3.18. The van der Waals surface area contributed by atoms with Crippen molar-refractivity contribution in [2.24, 2.45) is 5.41 Å². The summed E-state index contributed by atoms with van der Waals surface area (Å²) in [6.45, 7) is 5.26. The van der Waals surface area contributed by atoms with Gasteiger partial charge in [-0.25, -0.2) is 0 Å². The van der Waals surface area contributed by atoms with Crippen molar-refractivity contribution >= 4 is 5.97 Å². The number of hydrogen-bond donors (Lipinski definition) is 1. The maximum absolute atomic E-state index is 11.6. The van der Waals surface area contributed by atoms with Crippen LogP contribution in [0.25, 0.3) is 0 Å². The average molecular weight is 265 g/mol. The number of hydrogen-bond acceptors (Lipinski definition) is 3. The van der Waals surface area contributed by atoms with Gasteiger partial charge in [-0.2, -0.15) is 0 Å². The normalized spacial score (nSPS) is 15.9. The zero-order valence-electron chi connectivity index (χ0n) is 11.8. The van der Waals surface area contributed by atoms with Gasteiger partial charge in [-0.15, -0.1) is 0 Å². The quantitative estimate of drug-likeness (QED) is 0.784. The predicted molar refractivity (Wildman–Crippen MR) is 72.8 cm³/mol. The lowest BCUT2D eigenvalue weighted by Gasteiger charge is -2.33. The second kappa shape index (κ2) is 5.78. The van der Waals surface area contributed by atoms with E-state index in [9.17, 15) is 9.90 Å². The molecule has 1 saturated carbocycles. The lowest BCUT2D eigenvalue weighted by Crippen LogP contribution is -2.43. The first kappa shape index (κ1) is 14.1. The number of aliphatic carboxylic acids is 1. The summed E-state index contributed by atoms with van der Waals surface area (Å²) in [6, 6.07) is 4.36. The van der Waals surface area contributed by atoms with Crippen molar-refractivity contribution in [2.45, 2.75) is 52.1 Å². The summed E-state index contributed by atoms with van der Waals surface area (Å²) in [5.41, 5.74) is -0.630. The molecule has 0 saturated heterocycles. The van der Waals surface area contributed by atoms with Crippen LogP contribution in [0.5, 0.6) is 0 Å². The predicted octanol–water partition coefficient (Wildman–Crippen LogP) is 3.14. The fourth-order valence-electron chi connectivity index (χ4n) is 2.59. The number of carboxylic acids is 1. The Morgan fingerprint density at radius 3 is 2.58 bits per heavy atom. The molecule has 19 heavy (non-hydrogen) atoms. The number of carbonyl (C=O) groups is 1. The van der Waals surface area contributed by atoms with E-state index in [1.807, 2.05) is 26.0 Å². The molecule has 0 atom stereocenters. The van der Waals surface area contributed by atoms with Crippen molar-refractivity contribution in [3.63, 3.8) is 0 Å². The molecule has 0 spiro atoms. The molecule has 2 rings (SSSR count). The minimum Gasteiger partial charge on any atom is -0.481 e. The van der Waals surface area contributed by atoms with Crippen molar-refractivity contribution < 1.29 is 14.3 Å². The zero-order chi connectivity index (χ0) is 13.9. The van der Waals surface area contributed by atoms with Crippen molar-refractivity contribution in [2.75, 3.05) is 6.54 Å². The fraction of sp³-hybridized carbons (Fsp3) is 0.667. The third-order valence-corrected chi connectivity index (χ3v) is 4.32. The highest BCUT2D eigenvalue weighted by Gasteiger charge is 2.40. The maximum Gasteiger partial charge on any atom is 0.310 e. The average Bonchev–Trinajstić information content (AvgIpc) is 3.13. The Morgan fingerprint density at radius 2 is 2.16 bits per heavy atom. The standard InChI is InChI=1S/C15H23NO3/c1-3-15(4-2,14(17)18)11-16(12-7-8-12)10-13-6-5-9-19-13/h5-6,9,12H,3-4,7-8,10-11H2,1-2H3,(H,17,18). The summed E-state index contributed by atoms with van der Waals surface area (Å²) in [5, 5.41) is 9.55. The summed E-state index contributed by atoms with van der Waals surface area (Å²) < 4.78 is 5.40. The molecule has 0 radical (unpaired) electrons. The van der Waals surface area contributed by atoms with E-state index in [1.165, 1.54) is 12.8 Å². The fourth-order valence-corrected chi connectivity index (χ4v) is 2.59. The Hall–Kier alpha value is -1.29. The van der Waals surface area contributed by atoms with Gasteiger partial charge in [0.05, 0.1) is 18.2 Å². The Morgan fingerprint density at radius 1 is 1.47 bits per heavy atom.